The van der Waals surface area contributed by atoms with Gasteiger partial charge in [-0.15, -0.1) is 11.3 Å². The molecule has 0 N–H and O–H groups in total. The summed E-state index contributed by atoms with van der Waals surface area (Å²) in [4.78, 5) is 4.93. The van der Waals surface area contributed by atoms with E-state index in [1.807, 2.05) is 11.3 Å². The van der Waals surface area contributed by atoms with Crippen LogP contribution >= 0.6 is 11.3 Å². The Morgan fingerprint density at radius 3 is 1.59 bits per heavy atom. The van der Waals surface area contributed by atoms with Crippen molar-refractivity contribution in [3.8, 4) is 44.5 Å². The lowest BCUT2D eigenvalue weighted by Gasteiger charge is -2.45. The van der Waals surface area contributed by atoms with Crippen LogP contribution in [0.4, 0.5) is 34.1 Å². The summed E-state index contributed by atoms with van der Waals surface area (Å²) in [6.07, 6.45) is 0. The minimum Gasteiger partial charge on any atom is -0.310 e. The molecule has 328 valence electrons. The minimum atomic E-state index is -0.589. The summed E-state index contributed by atoms with van der Waals surface area (Å²) in [5.74, 6) is 0. The largest absolute Gasteiger partial charge is 0.310 e. The summed E-state index contributed by atoms with van der Waals surface area (Å²) in [6.45, 7) is 0. The molecule has 1 aromatic heterocycles. The van der Waals surface area contributed by atoms with E-state index in [2.05, 4.69) is 277 Å². The van der Waals surface area contributed by atoms with E-state index in [0.29, 0.717) is 0 Å². The van der Waals surface area contributed by atoms with E-state index in [1.165, 1.54) is 87.2 Å². The van der Waals surface area contributed by atoms with Crippen LogP contribution in [0.2, 0.25) is 0 Å². The highest BCUT2D eigenvalue weighted by molar-refractivity contribution is 7.25. The normalized spacial score (nSPS) is 12.9. The average Bonchev–Trinajstić information content (AvgIpc) is 3.95. The van der Waals surface area contributed by atoms with Crippen molar-refractivity contribution in [3.05, 3.63) is 289 Å². The van der Waals surface area contributed by atoms with Crippen molar-refractivity contribution in [2.24, 2.45) is 0 Å². The molecule has 0 amide bonds. The average molecular weight is 909 g/mol. The lowest BCUT2D eigenvalue weighted by atomic mass is 9.64. The molecule has 0 fully saturated rings. The fraction of sp³-hybridized carbons (Fsp3) is 0.0149. The summed E-state index contributed by atoms with van der Waals surface area (Å²) in [5, 5.41) is 2.63. The third kappa shape index (κ3) is 6.19. The van der Waals surface area contributed by atoms with Gasteiger partial charge in [0.15, 0.2) is 0 Å². The van der Waals surface area contributed by atoms with Crippen LogP contribution in [-0.4, -0.2) is 0 Å². The quantitative estimate of drug-likeness (QED) is 0.157. The summed E-state index contributed by atoms with van der Waals surface area (Å²) in [6, 6.07) is 98.7. The molecule has 3 heteroatoms. The first-order valence-electron chi connectivity index (χ1n) is 24.1. The molecule has 2 aliphatic rings. The number of rotatable bonds is 7. The highest BCUT2D eigenvalue weighted by Gasteiger charge is 2.51. The Balaban J connectivity index is 0.972. The van der Waals surface area contributed by atoms with E-state index >= 15 is 0 Å². The molecule has 14 rings (SSSR count). The van der Waals surface area contributed by atoms with Crippen LogP contribution in [0.15, 0.2) is 267 Å². The van der Waals surface area contributed by atoms with E-state index in [0.717, 1.165) is 33.9 Å². The monoisotopic (exact) mass is 908 g/mol. The maximum atomic E-state index is 2.50. The van der Waals surface area contributed by atoms with Crippen LogP contribution in [0.1, 0.15) is 22.3 Å². The molecule has 1 spiro atoms. The van der Waals surface area contributed by atoms with Crippen molar-refractivity contribution in [1.29, 1.82) is 0 Å². The molecule has 0 radical (unpaired) electrons. The molecule has 0 bridgehead atoms. The number of para-hydroxylation sites is 4. The number of anilines is 6. The summed E-state index contributed by atoms with van der Waals surface area (Å²) < 4.78 is 2.63. The number of benzene rings is 11. The van der Waals surface area contributed by atoms with Gasteiger partial charge in [-0.25, -0.2) is 0 Å². The van der Waals surface area contributed by atoms with Crippen LogP contribution in [-0.2, 0) is 5.41 Å². The molecule has 2 nitrogen and oxygen atoms in total. The molecular formula is C67H44N2S. The van der Waals surface area contributed by atoms with E-state index in [9.17, 15) is 0 Å². The Morgan fingerprint density at radius 1 is 0.314 bits per heavy atom. The van der Waals surface area contributed by atoms with Crippen LogP contribution in [0.25, 0.3) is 64.7 Å². The predicted octanol–water partition coefficient (Wildman–Crippen LogP) is 18.7. The van der Waals surface area contributed by atoms with Crippen molar-refractivity contribution in [2.75, 3.05) is 9.80 Å². The molecule has 0 saturated carbocycles. The Morgan fingerprint density at radius 2 is 0.829 bits per heavy atom. The zero-order chi connectivity index (χ0) is 46.2. The minimum absolute atomic E-state index is 0.589. The van der Waals surface area contributed by atoms with Gasteiger partial charge >= 0.3 is 0 Å². The van der Waals surface area contributed by atoms with E-state index < -0.39 is 5.41 Å². The van der Waals surface area contributed by atoms with Crippen molar-refractivity contribution in [3.63, 3.8) is 0 Å². The SMILES string of the molecule is c1ccc(-c2ccc(-c3ccccc3N(c3ccc(-c4ccc5c(c4)sc4ccccc45)cc3)c3ccc4c(c3)C3(c5ccccc5-4)c4ccccc4N(c4ccccc4)c4ccccc43)cc2)cc1. The van der Waals surface area contributed by atoms with Crippen molar-refractivity contribution < 1.29 is 0 Å². The Kier molecular flexibility index (Phi) is 9.33. The van der Waals surface area contributed by atoms with Gasteiger partial charge in [-0.3, -0.25) is 0 Å². The Labute approximate surface area is 412 Å². The Bertz CT molecular complexity index is 3900. The van der Waals surface area contributed by atoms with Gasteiger partial charge in [0.05, 0.1) is 22.5 Å². The van der Waals surface area contributed by atoms with Gasteiger partial charge in [0, 0.05) is 42.8 Å². The third-order valence-electron chi connectivity index (χ3n) is 14.7. The third-order valence-corrected chi connectivity index (χ3v) is 15.8. The van der Waals surface area contributed by atoms with Crippen LogP contribution in [0.3, 0.4) is 0 Å². The fourth-order valence-electron chi connectivity index (χ4n) is 11.6. The number of hydrogen-bond acceptors (Lipinski definition) is 3. The second-order valence-corrected chi connectivity index (χ2v) is 19.5. The van der Waals surface area contributed by atoms with Gasteiger partial charge in [-0.2, -0.15) is 0 Å². The molecule has 1 aliphatic heterocycles. The molecule has 70 heavy (non-hydrogen) atoms. The zero-order valence-electron chi connectivity index (χ0n) is 38.2. The first-order valence-corrected chi connectivity index (χ1v) is 24.9. The second-order valence-electron chi connectivity index (χ2n) is 18.4. The fourth-order valence-corrected chi connectivity index (χ4v) is 12.8. The van der Waals surface area contributed by atoms with Gasteiger partial charge in [0.1, 0.15) is 0 Å². The first-order chi connectivity index (χ1) is 34.7. The van der Waals surface area contributed by atoms with Gasteiger partial charge in [-0.1, -0.05) is 200 Å². The number of nitrogens with zero attached hydrogens (tertiary/aromatic N) is 2. The van der Waals surface area contributed by atoms with Gasteiger partial charge in [-0.05, 0) is 128 Å². The summed E-state index contributed by atoms with van der Waals surface area (Å²) >= 11 is 1.87. The van der Waals surface area contributed by atoms with E-state index in [1.54, 1.807) is 0 Å². The number of thiophene rings is 1. The Hall–Kier alpha value is -8.76. The molecule has 0 atom stereocenters. The van der Waals surface area contributed by atoms with Crippen LogP contribution in [0, 0.1) is 0 Å². The zero-order valence-corrected chi connectivity index (χ0v) is 39.0. The maximum absolute atomic E-state index is 2.50. The molecular weight excluding hydrogens is 865 g/mol. The molecule has 1 aliphatic carbocycles. The van der Waals surface area contributed by atoms with Crippen molar-refractivity contribution in [1.82, 2.24) is 0 Å². The second kappa shape index (κ2) is 16.2. The van der Waals surface area contributed by atoms with Crippen molar-refractivity contribution >= 4 is 65.6 Å². The lowest BCUT2D eigenvalue weighted by molar-refractivity contribution is 0.752. The highest BCUT2D eigenvalue weighted by atomic mass is 32.1. The predicted molar refractivity (Wildman–Crippen MR) is 296 cm³/mol. The van der Waals surface area contributed by atoms with Gasteiger partial charge in [0.25, 0.3) is 0 Å². The van der Waals surface area contributed by atoms with Crippen LogP contribution in [0.5, 0.6) is 0 Å². The standard InChI is InChI=1S/C67H44N2S/c1-3-17-45(18-4-1)46-31-33-48(34-32-46)53-21-8-13-27-62(53)68(51-38-35-47(36-39-51)49-37-41-57-56-23-9-16-30-65(56)70-66(57)43-49)52-40-42-55-54-22-7-10-24-58(54)67(61(55)44-52)59-25-11-14-28-63(59)69(50-19-5-2-6-20-50)64-29-15-12-26-60(64)67/h1-44H. The lowest BCUT2D eigenvalue weighted by Crippen LogP contribution is -2.36. The number of fused-ring (bicyclic) bond motifs is 12. The molecule has 2 heterocycles. The maximum Gasteiger partial charge on any atom is 0.0755 e. The van der Waals surface area contributed by atoms with E-state index in [-0.39, 0.29) is 0 Å². The molecule has 0 unspecified atom stereocenters. The van der Waals surface area contributed by atoms with Gasteiger partial charge < -0.3 is 9.80 Å². The summed E-state index contributed by atoms with van der Waals surface area (Å²) in [5.41, 5.74) is 21.0. The number of hydrogen-bond donors (Lipinski definition) is 0. The molecule has 0 saturated heterocycles. The van der Waals surface area contributed by atoms with Gasteiger partial charge in [0.2, 0.25) is 0 Å². The van der Waals surface area contributed by atoms with E-state index in [4.69, 9.17) is 0 Å². The smallest absolute Gasteiger partial charge is 0.0755 e. The molecule has 11 aromatic carbocycles. The highest BCUT2D eigenvalue weighted by Crippen LogP contribution is 2.64. The van der Waals surface area contributed by atoms with Crippen LogP contribution < -0.4 is 9.80 Å². The van der Waals surface area contributed by atoms with Crippen molar-refractivity contribution in [2.45, 2.75) is 5.41 Å². The topological polar surface area (TPSA) is 6.48 Å². The first kappa shape index (κ1) is 40.3. The molecule has 12 aromatic rings. The summed E-state index contributed by atoms with van der Waals surface area (Å²) in [7, 11) is 0.